The molecule has 1 fully saturated rings. The van der Waals surface area contributed by atoms with Gasteiger partial charge >= 0.3 is 11.9 Å². The highest BCUT2D eigenvalue weighted by molar-refractivity contribution is 5.75. The van der Waals surface area contributed by atoms with Gasteiger partial charge in [-0.2, -0.15) is 0 Å². The number of esters is 1. The molecule has 2 atom stereocenters. The van der Waals surface area contributed by atoms with Gasteiger partial charge in [0.1, 0.15) is 0 Å². The zero-order valence-electron chi connectivity index (χ0n) is 10.6. The maximum atomic E-state index is 11.7. The molecule has 1 aliphatic carbocycles. The number of rotatable bonds is 5. The average molecular weight is 242 g/mol. The van der Waals surface area contributed by atoms with Crippen LogP contribution in [0, 0.1) is 17.8 Å². The van der Waals surface area contributed by atoms with Crippen LogP contribution in [0.4, 0.5) is 0 Å². The van der Waals surface area contributed by atoms with Gasteiger partial charge in [0.05, 0.1) is 18.4 Å². The molecule has 0 saturated heterocycles. The van der Waals surface area contributed by atoms with Crippen molar-refractivity contribution in [2.75, 3.05) is 6.61 Å². The monoisotopic (exact) mass is 242 g/mol. The van der Waals surface area contributed by atoms with Crippen molar-refractivity contribution >= 4 is 11.9 Å². The Hall–Kier alpha value is -1.06. The van der Waals surface area contributed by atoms with Crippen LogP contribution in [0.5, 0.6) is 0 Å². The molecule has 0 aromatic heterocycles. The van der Waals surface area contributed by atoms with E-state index in [1.165, 1.54) is 0 Å². The minimum absolute atomic E-state index is 0.211. The summed E-state index contributed by atoms with van der Waals surface area (Å²) < 4.78 is 5.19. The molecule has 17 heavy (non-hydrogen) atoms. The van der Waals surface area contributed by atoms with Crippen LogP contribution in [0.1, 0.15) is 46.0 Å². The van der Waals surface area contributed by atoms with Crippen molar-refractivity contribution in [1.82, 2.24) is 0 Å². The van der Waals surface area contributed by atoms with E-state index in [2.05, 4.69) is 13.8 Å². The van der Waals surface area contributed by atoms with Gasteiger partial charge in [-0.15, -0.1) is 0 Å². The van der Waals surface area contributed by atoms with Crippen LogP contribution < -0.4 is 0 Å². The van der Waals surface area contributed by atoms with Gasteiger partial charge in [-0.05, 0) is 31.6 Å². The number of hydrogen-bond acceptors (Lipinski definition) is 3. The molecule has 0 heterocycles. The second-order valence-corrected chi connectivity index (χ2v) is 5.25. The first-order valence-corrected chi connectivity index (χ1v) is 6.40. The van der Waals surface area contributed by atoms with Crippen LogP contribution in [0.3, 0.4) is 0 Å². The molecule has 0 amide bonds. The molecule has 4 heteroatoms. The van der Waals surface area contributed by atoms with Gasteiger partial charge in [-0.3, -0.25) is 9.59 Å². The number of aliphatic carboxylic acids is 1. The lowest BCUT2D eigenvalue weighted by atomic mass is 9.81. The number of carbonyl (C=O) groups excluding carboxylic acids is 1. The summed E-state index contributed by atoms with van der Waals surface area (Å²) in [6.07, 6.45) is 3.56. The molecule has 1 rings (SSSR count). The third kappa shape index (κ3) is 4.75. The van der Waals surface area contributed by atoms with E-state index in [0.717, 1.165) is 19.3 Å². The SMILES string of the molecule is CC(C)CCOC(=O)C1CCCC(C(=O)O)C1. The smallest absolute Gasteiger partial charge is 0.308 e. The summed E-state index contributed by atoms with van der Waals surface area (Å²) in [5.41, 5.74) is 0. The van der Waals surface area contributed by atoms with Crippen molar-refractivity contribution in [3.05, 3.63) is 0 Å². The molecular weight excluding hydrogens is 220 g/mol. The highest BCUT2D eigenvalue weighted by atomic mass is 16.5. The fourth-order valence-electron chi connectivity index (χ4n) is 2.14. The van der Waals surface area contributed by atoms with E-state index >= 15 is 0 Å². The van der Waals surface area contributed by atoms with Crippen LogP contribution in [0.15, 0.2) is 0 Å². The molecule has 1 aliphatic rings. The Morgan fingerprint density at radius 1 is 1.29 bits per heavy atom. The first kappa shape index (κ1) is 14.0. The molecule has 0 bridgehead atoms. The molecule has 1 saturated carbocycles. The van der Waals surface area contributed by atoms with Crippen molar-refractivity contribution in [2.24, 2.45) is 17.8 Å². The Bertz CT molecular complexity index is 273. The number of ether oxygens (including phenoxy) is 1. The van der Waals surface area contributed by atoms with Crippen LogP contribution in [0.2, 0.25) is 0 Å². The summed E-state index contributed by atoms with van der Waals surface area (Å²) in [6.45, 7) is 4.61. The summed E-state index contributed by atoms with van der Waals surface area (Å²) >= 11 is 0. The van der Waals surface area contributed by atoms with E-state index in [9.17, 15) is 9.59 Å². The number of carboxylic acids is 1. The molecule has 1 N–H and O–H groups in total. The lowest BCUT2D eigenvalue weighted by Crippen LogP contribution is -2.28. The first-order chi connectivity index (χ1) is 8.00. The summed E-state index contributed by atoms with van der Waals surface area (Å²) in [7, 11) is 0. The minimum Gasteiger partial charge on any atom is -0.481 e. The van der Waals surface area contributed by atoms with Gasteiger partial charge in [-0.25, -0.2) is 0 Å². The Balaban J connectivity index is 2.33. The van der Waals surface area contributed by atoms with Crippen LogP contribution in [0.25, 0.3) is 0 Å². The molecule has 4 nitrogen and oxygen atoms in total. The van der Waals surface area contributed by atoms with E-state index in [4.69, 9.17) is 9.84 Å². The first-order valence-electron chi connectivity index (χ1n) is 6.40. The third-order valence-corrected chi connectivity index (χ3v) is 3.30. The summed E-state index contributed by atoms with van der Waals surface area (Å²) in [4.78, 5) is 22.6. The van der Waals surface area contributed by atoms with Crippen molar-refractivity contribution in [1.29, 1.82) is 0 Å². The predicted molar refractivity (Wildman–Crippen MR) is 63.5 cm³/mol. The van der Waals surface area contributed by atoms with Gasteiger partial charge < -0.3 is 9.84 Å². The molecule has 98 valence electrons. The van der Waals surface area contributed by atoms with E-state index in [1.807, 2.05) is 0 Å². The van der Waals surface area contributed by atoms with Gasteiger partial charge in [0.2, 0.25) is 0 Å². The van der Waals surface area contributed by atoms with Crippen molar-refractivity contribution in [2.45, 2.75) is 46.0 Å². The maximum absolute atomic E-state index is 11.7. The van der Waals surface area contributed by atoms with Gasteiger partial charge in [0.25, 0.3) is 0 Å². The van der Waals surface area contributed by atoms with Gasteiger partial charge in [-0.1, -0.05) is 20.3 Å². The second kappa shape index (κ2) is 6.62. The Morgan fingerprint density at radius 2 is 1.94 bits per heavy atom. The zero-order chi connectivity index (χ0) is 12.8. The Labute approximate surface area is 102 Å². The maximum Gasteiger partial charge on any atom is 0.308 e. The highest BCUT2D eigenvalue weighted by Crippen LogP contribution is 2.30. The van der Waals surface area contributed by atoms with Crippen molar-refractivity contribution in [3.63, 3.8) is 0 Å². The Kier molecular flexibility index (Phi) is 5.45. The van der Waals surface area contributed by atoms with Crippen LogP contribution >= 0.6 is 0 Å². The number of carbonyl (C=O) groups is 2. The third-order valence-electron chi connectivity index (χ3n) is 3.30. The Morgan fingerprint density at radius 3 is 2.53 bits per heavy atom. The van der Waals surface area contributed by atoms with Gasteiger partial charge in [0, 0.05) is 0 Å². The van der Waals surface area contributed by atoms with Crippen LogP contribution in [-0.2, 0) is 14.3 Å². The minimum atomic E-state index is -0.787. The van der Waals surface area contributed by atoms with E-state index in [0.29, 0.717) is 25.4 Å². The summed E-state index contributed by atoms with van der Waals surface area (Å²) in [6, 6.07) is 0. The van der Waals surface area contributed by atoms with Crippen molar-refractivity contribution < 1.29 is 19.4 Å². The van der Waals surface area contributed by atoms with Crippen LogP contribution in [-0.4, -0.2) is 23.7 Å². The highest BCUT2D eigenvalue weighted by Gasteiger charge is 2.31. The fourth-order valence-corrected chi connectivity index (χ4v) is 2.14. The summed E-state index contributed by atoms with van der Waals surface area (Å²) in [5.74, 6) is -1.06. The number of hydrogen-bond donors (Lipinski definition) is 1. The van der Waals surface area contributed by atoms with E-state index in [-0.39, 0.29) is 17.8 Å². The molecule has 2 unspecified atom stereocenters. The number of carboxylic acid groups (broad SMARTS) is 1. The fraction of sp³-hybridized carbons (Fsp3) is 0.846. The molecule has 0 radical (unpaired) electrons. The second-order valence-electron chi connectivity index (χ2n) is 5.25. The van der Waals surface area contributed by atoms with E-state index in [1.54, 1.807) is 0 Å². The lowest BCUT2D eigenvalue weighted by Gasteiger charge is -2.25. The van der Waals surface area contributed by atoms with Gasteiger partial charge in [0.15, 0.2) is 0 Å². The van der Waals surface area contributed by atoms with Crippen molar-refractivity contribution in [3.8, 4) is 0 Å². The van der Waals surface area contributed by atoms with E-state index < -0.39 is 5.97 Å². The topological polar surface area (TPSA) is 63.6 Å². The molecule has 0 aromatic rings. The molecule has 0 aliphatic heterocycles. The normalized spacial score (nSPS) is 24.6. The molecule has 0 spiro atoms. The predicted octanol–water partition coefficient (Wildman–Crippen LogP) is 2.47. The quantitative estimate of drug-likeness (QED) is 0.752. The standard InChI is InChI=1S/C13H22O4/c1-9(2)6-7-17-13(16)11-5-3-4-10(8-11)12(14)15/h9-11H,3-8H2,1-2H3,(H,14,15). The summed E-state index contributed by atoms with van der Waals surface area (Å²) in [5, 5.41) is 8.93. The molecular formula is C13H22O4. The average Bonchev–Trinajstić information content (AvgIpc) is 2.28. The largest absolute Gasteiger partial charge is 0.481 e. The molecule has 0 aromatic carbocycles. The lowest BCUT2D eigenvalue weighted by molar-refractivity contribution is -0.152. The zero-order valence-corrected chi connectivity index (χ0v) is 10.6.